The van der Waals surface area contributed by atoms with E-state index < -0.39 is 0 Å². The average molecular weight is 168 g/mol. The van der Waals surface area contributed by atoms with Gasteiger partial charge >= 0.3 is 0 Å². The summed E-state index contributed by atoms with van der Waals surface area (Å²) in [5, 5.41) is 6.26. The Hall–Kier alpha value is -0.570. The number of nitrogens with one attached hydrogen (secondary N) is 2. The first-order valence-electron chi connectivity index (χ1n) is 4.84. The molecule has 2 fully saturated rings. The molecule has 1 saturated carbocycles. The summed E-state index contributed by atoms with van der Waals surface area (Å²) in [6.07, 6.45) is 4.82. The van der Waals surface area contributed by atoms with E-state index in [-0.39, 0.29) is 5.91 Å². The third kappa shape index (κ3) is 1.78. The number of carbonyl (C=O) groups excluding carboxylic acids is 1. The fourth-order valence-corrected chi connectivity index (χ4v) is 1.78. The number of amides is 1. The summed E-state index contributed by atoms with van der Waals surface area (Å²) in [6, 6.07) is 0.401. The molecule has 1 aliphatic heterocycles. The molecule has 2 N–H and O–H groups in total. The Balaban J connectivity index is 1.63. The van der Waals surface area contributed by atoms with Gasteiger partial charge in [-0.2, -0.15) is 0 Å². The summed E-state index contributed by atoms with van der Waals surface area (Å²) in [4.78, 5) is 10.8. The molecular weight excluding hydrogens is 152 g/mol. The summed E-state index contributed by atoms with van der Waals surface area (Å²) < 4.78 is 0. The maximum atomic E-state index is 10.8. The van der Waals surface area contributed by atoms with E-state index in [1.165, 1.54) is 19.3 Å². The summed E-state index contributed by atoms with van der Waals surface area (Å²) in [5.41, 5.74) is 0. The first kappa shape index (κ1) is 8.05. The van der Waals surface area contributed by atoms with Gasteiger partial charge in [-0.3, -0.25) is 4.79 Å². The van der Waals surface area contributed by atoms with Crippen molar-refractivity contribution in [2.24, 2.45) is 5.92 Å². The second-order valence-electron chi connectivity index (χ2n) is 3.91. The van der Waals surface area contributed by atoms with Gasteiger partial charge in [0.25, 0.3) is 0 Å². The van der Waals surface area contributed by atoms with Gasteiger partial charge in [-0.05, 0) is 25.3 Å². The van der Waals surface area contributed by atoms with E-state index in [1.807, 2.05) is 0 Å². The van der Waals surface area contributed by atoms with Crippen molar-refractivity contribution in [2.75, 3.05) is 13.1 Å². The smallest absolute Gasteiger partial charge is 0.221 e. The minimum Gasteiger partial charge on any atom is -0.354 e. The van der Waals surface area contributed by atoms with E-state index in [9.17, 15) is 4.79 Å². The van der Waals surface area contributed by atoms with E-state index in [1.54, 1.807) is 0 Å². The van der Waals surface area contributed by atoms with Crippen molar-refractivity contribution >= 4 is 5.91 Å². The summed E-state index contributed by atoms with van der Waals surface area (Å²) in [5.74, 6) is 1.09. The molecule has 68 valence electrons. The molecule has 1 unspecified atom stereocenters. The van der Waals surface area contributed by atoms with Gasteiger partial charge in [-0.15, -0.1) is 0 Å². The Morgan fingerprint density at radius 3 is 2.83 bits per heavy atom. The quantitative estimate of drug-likeness (QED) is 0.635. The van der Waals surface area contributed by atoms with Crippen molar-refractivity contribution in [1.82, 2.24) is 10.6 Å². The molecule has 2 rings (SSSR count). The maximum Gasteiger partial charge on any atom is 0.221 e. The first-order chi connectivity index (χ1) is 5.84. The van der Waals surface area contributed by atoms with Crippen LogP contribution in [0.4, 0.5) is 0 Å². The molecule has 1 amide bonds. The lowest BCUT2D eigenvalue weighted by molar-refractivity contribution is -0.119. The SMILES string of the molecule is O=C1CC(NCC2CCC2)CN1. The molecule has 3 nitrogen and oxygen atoms in total. The van der Waals surface area contributed by atoms with Crippen LogP contribution in [0.3, 0.4) is 0 Å². The van der Waals surface area contributed by atoms with Crippen LogP contribution in [-0.2, 0) is 4.79 Å². The molecule has 12 heavy (non-hydrogen) atoms. The Kier molecular flexibility index (Phi) is 2.30. The number of hydrogen-bond donors (Lipinski definition) is 2. The second kappa shape index (κ2) is 3.44. The van der Waals surface area contributed by atoms with E-state index in [4.69, 9.17) is 0 Å². The summed E-state index contributed by atoms with van der Waals surface area (Å²) >= 11 is 0. The summed E-state index contributed by atoms with van der Waals surface area (Å²) in [6.45, 7) is 1.94. The molecule has 1 heterocycles. The standard InChI is InChI=1S/C9H16N2O/c12-9-4-8(6-11-9)10-5-7-2-1-3-7/h7-8,10H,1-6H2,(H,11,12). The maximum absolute atomic E-state index is 10.8. The molecule has 1 saturated heterocycles. The molecule has 0 aromatic carbocycles. The largest absolute Gasteiger partial charge is 0.354 e. The highest BCUT2D eigenvalue weighted by atomic mass is 16.1. The zero-order chi connectivity index (χ0) is 8.39. The Morgan fingerprint density at radius 2 is 2.33 bits per heavy atom. The third-order valence-electron chi connectivity index (χ3n) is 2.90. The number of hydrogen-bond acceptors (Lipinski definition) is 2. The lowest BCUT2D eigenvalue weighted by atomic mass is 9.85. The van der Waals surface area contributed by atoms with Crippen LogP contribution in [0.2, 0.25) is 0 Å². The molecule has 1 atom stereocenters. The van der Waals surface area contributed by atoms with Gasteiger partial charge in [0.15, 0.2) is 0 Å². The molecule has 1 aliphatic carbocycles. The predicted molar refractivity (Wildman–Crippen MR) is 46.8 cm³/mol. The topological polar surface area (TPSA) is 41.1 Å². The van der Waals surface area contributed by atoms with Crippen LogP contribution in [0.1, 0.15) is 25.7 Å². The van der Waals surface area contributed by atoms with E-state index in [0.29, 0.717) is 12.5 Å². The van der Waals surface area contributed by atoms with E-state index in [2.05, 4.69) is 10.6 Å². The zero-order valence-corrected chi connectivity index (χ0v) is 7.31. The van der Waals surface area contributed by atoms with Crippen LogP contribution in [0.25, 0.3) is 0 Å². The first-order valence-corrected chi connectivity index (χ1v) is 4.84. The van der Waals surface area contributed by atoms with Crippen molar-refractivity contribution in [1.29, 1.82) is 0 Å². The van der Waals surface area contributed by atoms with Crippen molar-refractivity contribution in [3.63, 3.8) is 0 Å². The molecule has 0 spiro atoms. The Labute approximate surface area is 72.9 Å². The molecule has 3 heteroatoms. The molecule has 0 aromatic rings. The van der Waals surface area contributed by atoms with Gasteiger partial charge in [0.1, 0.15) is 0 Å². The fourth-order valence-electron chi connectivity index (χ4n) is 1.78. The van der Waals surface area contributed by atoms with Crippen LogP contribution in [0.15, 0.2) is 0 Å². The van der Waals surface area contributed by atoms with Crippen LogP contribution >= 0.6 is 0 Å². The van der Waals surface area contributed by atoms with Crippen molar-refractivity contribution < 1.29 is 4.79 Å². The van der Waals surface area contributed by atoms with Crippen LogP contribution in [-0.4, -0.2) is 25.0 Å². The van der Waals surface area contributed by atoms with Gasteiger partial charge in [-0.1, -0.05) is 6.42 Å². The zero-order valence-electron chi connectivity index (χ0n) is 7.31. The minimum atomic E-state index is 0.195. The Morgan fingerprint density at radius 1 is 1.50 bits per heavy atom. The summed E-state index contributed by atoms with van der Waals surface area (Å²) in [7, 11) is 0. The van der Waals surface area contributed by atoms with Gasteiger partial charge in [0.2, 0.25) is 5.91 Å². The van der Waals surface area contributed by atoms with Crippen molar-refractivity contribution in [3.05, 3.63) is 0 Å². The highest BCUT2D eigenvalue weighted by molar-refractivity contribution is 5.78. The number of rotatable bonds is 3. The number of carbonyl (C=O) groups is 1. The second-order valence-corrected chi connectivity index (χ2v) is 3.91. The monoisotopic (exact) mass is 168 g/mol. The lowest BCUT2D eigenvalue weighted by Crippen LogP contribution is -2.36. The van der Waals surface area contributed by atoms with Crippen LogP contribution < -0.4 is 10.6 Å². The molecule has 0 radical (unpaired) electrons. The highest BCUT2D eigenvalue weighted by Crippen LogP contribution is 2.25. The van der Waals surface area contributed by atoms with Crippen LogP contribution in [0.5, 0.6) is 0 Å². The fraction of sp³-hybridized carbons (Fsp3) is 0.889. The predicted octanol–water partition coefficient (Wildman–Crippen LogP) is 0.265. The van der Waals surface area contributed by atoms with Crippen molar-refractivity contribution in [2.45, 2.75) is 31.7 Å². The average Bonchev–Trinajstić information content (AvgIpc) is 2.32. The van der Waals surface area contributed by atoms with Gasteiger partial charge in [0.05, 0.1) is 0 Å². The molecule has 2 aliphatic rings. The Bertz CT molecular complexity index is 177. The molecule has 0 aromatic heterocycles. The highest BCUT2D eigenvalue weighted by Gasteiger charge is 2.23. The van der Waals surface area contributed by atoms with Gasteiger partial charge < -0.3 is 10.6 Å². The van der Waals surface area contributed by atoms with Gasteiger partial charge in [-0.25, -0.2) is 0 Å². The van der Waals surface area contributed by atoms with Gasteiger partial charge in [0, 0.05) is 19.0 Å². The van der Waals surface area contributed by atoms with Crippen molar-refractivity contribution in [3.8, 4) is 0 Å². The van der Waals surface area contributed by atoms with Crippen LogP contribution in [0, 0.1) is 5.92 Å². The lowest BCUT2D eigenvalue weighted by Gasteiger charge is -2.26. The van der Waals surface area contributed by atoms with E-state index in [0.717, 1.165) is 19.0 Å². The third-order valence-corrected chi connectivity index (χ3v) is 2.90. The van der Waals surface area contributed by atoms with E-state index >= 15 is 0 Å². The normalized spacial score (nSPS) is 30.0. The molecular formula is C9H16N2O. The molecule has 0 bridgehead atoms. The minimum absolute atomic E-state index is 0.195.